The van der Waals surface area contributed by atoms with Crippen LogP contribution in [-0.2, 0) is 23.8 Å². The summed E-state index contributed by atoms with van der Waals surface area (Å²) in [6.45, 7) is 7.48. The molecule has 0 aliphatic carbocycles. The maximum atomic E-state index is 12.8. The van der Waals surface area contributed by atoms with E-state index in [-0.39, 0.29) is 25.2 Å². The molecule has 0 fully saturated rings. The van der Waals surface area contributed by atoms with E-state index < -0.39 is 6.10 Å². The first kappa shape index (κ1) is 58.6. The molecule has 5 nitrogen and oxygen atoms in total. The van der Waals surface area contributed by atoms with Gasteiger partial charge in [0.1, 0.15) is 6.61 Å². The van der Waals surface area contributed by atoms with Gasteiger partial charge < -0.3 is 14.2 Å². The molecule has 5 heteroatoms. The average molecular weight is 859 g/mol. The van der Waals surface area contributed by atoms with Crippen LogP contribution in [0.25, 0.3) is 0 Å². The molecule has 0 bridgehead atoms. The van der Waals surface area contributed by atoms with Gasteiger partial charge in [-0.15, -0.1) is 0 Å². The van der Waals surface area contributed by atoms with E-state index >= 15 is 0 Å². The lowest BCUT2D eigenvalue weighted by Crippen LogP contribution is -2.30. The number of unbranched alkanes of at least 4 members (excludes halogenated alkanes) is 16. The molecule has 0 heterocycles. The van der Waals surface area contributed by atoms with Crippen LogP contribution in [0, 0.1) is 0 Å². The van der Waals surface area contributed by atoms with Gasteiger partial charge in [0, 0.05) is 19.4 Å². The fourth-order valence-corrected chi connectivity index (χ4v) is 6.58. The van der Waals surface area contributed by atoms with E-state index in [9.17, 15) is 9.59 Å². The fourth-order valence-electron chi connectivity index (χ4n) is 6.58. The van der Waals surface area contributed by atoms with Crippen LogP contribution in [0.5, 0.6) is 0 Å². The predicted octanol–water partition coefficient (Wildman–Crippen LogP) is 17.2. The summed E-state index contributed by atoms with van der Waals surface area (Å²) in [7, 11) is 0. The number of ether oxygens (including phenoxy) is 3. The summed E-state index contributed by atoms with van der Waals surface area (Å²) in [5.41, 5.74) is 0. The molecule has 0 aliphatic heterocycles. The SMILES string of the molecule is CC/C=C\C/C=C\C/C=C\C/C=C\C/C=C\CCCCCCOCC(COC(=O)CCCC/C=C\C/C=C\C/C=C\C/C=C\CC)OC(=O)CCCCCCCCCCCCC. The van der Waals surface area contributed by atoms with Gasteiger partial charge in [-0.2, -0.15) is 0 Å². The van der Waals surface area contributed by atoms with Crippen LogP contribution in [0.2, 0.25) is 0 Å². The molecule has 352 valence electrons. The van der Waals surface area contributed by atoms with Crippen molar-refractivity contribution >= 4 is 11.9 Å². The van der Waals surface area contributed by atoms with Crippen LogP contribution in [-0.4, -0.2) is 37.9 Å². The van der Waals surface area contributed by atoms with Crippen molar-refractivity contribution in [3.05, 3.63) is 109 Å². The van der Waals surface area contributed by atoms with Crippen molar-refractivity contribution in [1.29, 1.82) is 0 Å². The molecule has 0 aromatic carbocycles. The van der Waals surface area contributed by atoms with Gasteiger partial charge in [-0.1, -0.05) is 207 Å². The van der Waals surface area contributed by atoms with Crippen molar-refractivity contribution in [2.75, 3.05) is 19.8 Å². The summed E-state index contributed by atoms with van der Waals surface area (Å²) < 4.78 is 17.3. The minimum atomic E-state index is -0.570. The van der Waals surface area contributed by atoms with Crippen LogP contribution in [0.3, 0.4) is 0 Å². The van der Waals surface area contributed by atoms with Crippen molar-refractivity contribution in [3.63, 3.8) is 0 Å². The second kappa shape index (κ2) is 51.9. The molecule has 0 N–H and O–H groups in total. The first-order valence-corrected chi connectivity index (χ1v) is 25.4. The molecule has 0 saturated heterocycles. The largest absolute Gasteiger partial charge is 0.462 e. The van der Waals surface area contributed by atoms with E-state index in [1.54, 1.807) is 0 Å². The van der Waals surface area contributed by atoms with Crippen LogP contribution in [0.15, 0.2) is 109 Å². The first-order valence-electron chi connectivity index (χ1n) is 25.4. The van der Waals surface area contributed by atoms with Crippen molar-refractivity contribution < 1.29 is 23.8 Å². The lowest BCUT2D eigenvalue weighted by Gasteiger charge is -2.18. The molecule has 62 heavy (non-hydrogen) atoms. The second-order valence-electron chi connectivity index (χ2n) is 16.3. The number of carbonyl (C=O) groups is 2. The fraction of sp³-hybridized carbons (Fsp3) is 0.649. The minimum absolute atomic E-state index is 0.0486. The molecular weight excluding hydrogens is 765 g/mol. The lowest BCUT2D eigenvalue weighted by molar-refractivity contribution is -0.163. The molecule has 1 atom stereocenters. The van der Waals surface area contributed by atoms with Gasteiger partial charge in [-0.25, -0.2) is 0 Å². The highest BCUT2D eigenvalue weighted by Gasteiger charge is 2.17. The number of rotatable bonds is 45. The first-order chi connectivity index (χ1) is 30.6. The van der Waals surface area contributed by atoms with Gasteiger partial charge in [0.15, 0.2) is 6.10 Å². The Morgan fingerprint density at radius 1 is 0.371 bits per heavy atom. The Balaban J connectivity index is 4.37. The summed E-state index contributed by atoms with van der Waals surface area (Å²) in [5.74, 6) is -0.465. The molecule has 0 amide bonds. The topological polar surface area (TPSA) is 61.8 Å². The van der Waals surface area contributed by atoms with Crippen molar-refractivity contribution in [2.45, 2.75) is 219 Å². The van der Waals surface area contributed by atoms with Gasteiger partial charge in [0.05, 0.1) is 6.61 Å². The van der Waals surface area contributed by atoms with Crippen molar-refractivity contribution in [2.24, 2.45) is 0 Å². The summed E-state index contributed by atoms with van der Waals surface area (Å²) in [5, 5.41) is 0. The third kappa shape index (κ3) is 49.2. The van der Waals surface area contributed by atoms with E-state index in [0.717, 1.165) is 122 Å². The van der Waals surface area contributed by atoms with Gasteiger partial charge in [0.25, 0.3) is 0 Å². The Bertz CT molecular complexity index is 1250. The van der Waals surface area contributed by atoms with Gasteiger partial charge >= 0.3 is 11.9 Å². The zero-order chi connectivity index (χ0) is 44.9. The maximum Gasteiger partial charge on any atom is 0.306 e. The van der Waals surface area contributed by atoms with E-state index in [4.69, 9.17) is 14.2 Å². The Labute approximate surface area is 383 Å². The quantitative estimate of drug-likeness (QED) is 0.0347. The number of hydrogen-bond acceptors (Lipinski definition) is 5. The lowest BCUT2D eigenvalue weighted by atomic mass is 10.1. The van der Waals surface area contributed by atoms with E-state index in [2.05, 4.69) is 130 Å². The monoisotopic (exact) mass is 859 g/mol. The van der Waals surface area contributed by atoms with Crippen molar-refractivity contribution in [1.82, 2.24) is 0 Å². The number of esters is 2. The van der Waals surface area contributed by atoms with E-state index in [1.165, 1.54) is 57.8 Å². The Morgan fingerprint density at radius 2 is 0.726 bits per heavy atom. The van der Waals surface area contributed by atoms with E-state index in [1.807, 2.05) is 0 Å². The van der Waals surface area contributed by atoms with Crippen LogP contribution in [0.4, 0.5) is 0 Å². The zero-order valence-corrected chi connectivity index (χ0v) is 40.3. The summed E-state index contributed by atoms with van der Waals surface area (Å²) in [6.07, 6.45) is 71.0. The summed E-state index contributed by atoms with van der Waals surface area (Å²) in [4.78, 5) is 25.3. The second-order valence-corrected chi connectivity index (χ2v) is 16.3. The van der Waals surface area contributed by atoms with Crippen LogP contribution in [0.1, 0.15) is 213 Å². The molecule has 0 spiro atoms. The maximum absolute atomic E-state index is 12.8. The van der Waals surface area contributed by atoms with Gasteiger partial charge in [-0.3, -0.25) is 9.59 Å². The third-order valence-electron chi connectivity index (χ3n) is 10.3. The normalized spacial score (nSPS) is 13.1. The predicted molar refractivity (Wildman–Crippen MR) is 269 cm³/mol. The summed E-state index contributed by atoms with van der Waals surface area (Å²) >= 11 is 0. The molecule has 0 saturated carbocycles. The smallest absolute Gasteiger partial charge is 0.306 e. The molecule has 0 radical (unpaired) electrons. The minimum Gasteiger partial charge on any atom is -0.462 e. The number of hydrogen-bond donors (Lipinski definition) is 0. The van der Waals surface area contributed by atoms with Gasteiger partial charge in [-0.05, 0) is 103 Å². The highest BCUT2D eigenvalue weighted by Crippen LogP contribution is 2.13. The Kier molecular flexibility index (Phi) is 49.0. The van der Waals surface area contributed by atoms with Crippen molar-refractivity contribution in [3.8, 4) is 0 Å². The number of allylic oxidation sites excluding steroid dienone is 18. The highest BCUT2D eigenvalue weighted by molar-refractivity contribution is 5.70. The molecule has 0 aromatic rings. The Morgan fingerprint density at radius 3 is 1.19 bits per heavy atom. The van der Waals surface area contributed by atoms with E-state index in [0.29, 0.717) is 19.4 Å². The Hall–Kier alpha value is -3.44. The molecular formula is C57H94O5. The van der Waals surface area contributed by atoms with Gasteiger partial charge in [0.2, 0.25) is 0 Å². The standard InChI is InChI=1S/C57H94O5/c1-4-7-10-13-16-19-22-24-26-27-28-29-30-32-34-37-40-43-46-49-52-60-53-55(62-57(59)51-48-45-42-39-35-21-18-15-12-9-6-3)54-61-56(58)50-47-44-41-38-36-33-31-25-23-20-17-14-11-8-5-2/h7-8,10-11,16-17,19-20,24-26,28-29,31-32,34,36,38,55H,4-6,9,12-15,18,21-23,27,30,33,35,37,39-54H2,1-3H3/b10-7-,11-8-,19-16-,20-17-,26-24-,29-28-,31-25-,34-32-,38-36-. The molecule has 0 aromatic heterocycles. The molecule has 1 unspecified atom stereocenters. The number of carbonyl (C=O) groups excluding carboxylic acids is 2. The highest BCUT2D eigenvalue weighted by atomic mass is 16.6. The summed E-state index contributed by atoms with van der Waals surface area (Å²) in [6, 6.07) is 0. The zero-order valence-electron chi connectivity index (χ0n) is 40.3. The third-order valence-corrected chi connectivity index (χ3v) is 10.3. The average Bonchev–Trinajstić information content (AvgIpc) is 3.27. The molecule has 0 rings (SSSR count). The van der Waals surface area contributed by atoms with Crippen LogP contribution >= 0.6 is 0 Å². The van der Waals surface area contributed by atoms with Crippen LogP contribution < -0.4 is 0 Å². The molecule has 0 aliphatic rings.